The maximum atomic E-state index is 13.9. The first-order chi connectivity index (χ1) is 16.2. The number of carbonyl (C=O) groups excluding carboxylic acids is 1. The summed E-state index contributed by atoms with van der Waals surface area (Å²) in [5, 5.41) is 1.11. The van der Waals surface area contributed by atoms with Crippen LogP contribution in [0, 0.1) is 12.8 Å². The highest BCUT2D eigenvalue weighted by molar-refractivity contribution is 6.08. The molecule has 0 atom stereocenters. The number of para-hydroxylation sites is 1. The van der Waals surface area contributed by atoms with Crippen molar-refractivity contribution < 1.29 is 9.53 Å². The molecule has 0 N–H and O–H groups in total. The Balaban J connectivity index is 1.27. The average Bonchev–Trinajstić information content (AvgIpc) is 3.35. The van der Waals surface area contributed by atoms with E-state index in [-0.39, 0.29) is 11.5 Å². The van der Waals surface area contributed by atoms with Crippen LogP contribution in [0.3, 0.4) is 0 Å². The van der Waals surface area contributed by atoms with Crippen molar-refractivity contribution in [1.82, 2.24) is 9.47 Å². The van der Waals surface area contributed by atoms with Crippen LogP contribution in [-0.2, 0) is 23.5 Å². The summed E-state index contributed by atoms with van der Waals surface area (Å²) < 4.78 is 8.76. The highest BCUT2D eigenvalue weighted by Gasteiger charge is 2.43. The van der Waals surface area contributed by atoms with Crippen LogP contribution in [0.2, 0.25) is 0 Å². The number of benzene rings is 2. The van der Waals surface area contributed by atoms with E-state index in [1.807, 2.05) is 0 Å². The van der Waals surface area contributed by atoms with Crippen molar-refractivity contribution in [1.29, 1.82) is 0 Å². The quantitative estimate of drug-likeness (QED) is 0.485. The van der Waals surface area contributed by atoms with Crippen LogP contribution >= 0.6 is 0 Å². The van der Waals surface area contributed by atoms with Crippen molar-refractivity contribution in [2.75, 3.05) is 13.1 Å². The second-order valence-electron chi connectivity index (χ2n) is 10.3. The minimum absolute atomic E-state index is 0.187. The van der Waals surface area contributed by atoms with E-state index < -0.39 is 0 Å². The zero-order valence-corrected chi connectivity index (χ0v) is 19.7. The second-order valence-corrected chi connectivity index (χ2v) is 10.3. The van der Waals surface area contributed by atoms with Gasteiger partial charge >= 0.3 is 0 Å². The summed E-state index contributed by atoms with van der Waals surface area (Å²) in [5.41, 5.74) is 5.68. The van der Waals surface area contributed by atoms with Crippen LogP contribution in [-0.4, -0.2) is 28.5 Å². The van der Waals surface area contributed by atoms with Crippen molar-refractivity contribution in [3.8, 4) is 0 Å². The second kappa shape index (κ2) is 8.32. The molecule has 3 aliphatic rings. The van der Waals surface area contributed by atoms with Crippen LogP contribution in [0.4, 0.5) is 0 Å². The van der Waals surface area contributed by atoms with Gasteiger partial charge in [0.05, 0.1) is 17.8 Å². The monoisotopic (exact) mass is 442 g/mol. The summed E-state index contributed by atoms with van der Waals surface area (Å²) in [4.78, 5) is 15.9. The number of fused-ring (bicyclic) bond motifs is 3. The summed E-state index contributed by atoms with van der Waals surface area (Å²) in [6.45, 7) is 5.37. The maximum absolute atomic E-state index is 13.9. The first kappa shape index (κ1) is 21.0. The third kappa shape index (κ3) is 3.50. The van der Waals surface area contributed by atoms with Crippen molar-refractivity contribution in [3.63, 3.8) is 0 Å². The van der Waals surface area contributed by atoms with Gasteiger partial charge in [0.25, 0.3) is 5.91 Å². The Morgan fingerprint density at radius 3 is 2.55 bits per heavy atom. The molecule has 4 nitrogen and oxygen atoms in total. The lowest BCUT2D eigenvalue weighted by molar-refractivity contribution is -0.0741. The normalized spacial score (nSPS) is 20.5. The van der Waals surface area contributed by atoms with E-state index in [1.165, 1.54) is 48.7 Å². The molecular formula is C29H34N2O2. The fraction of sp³-hybridized carbons (Fsp3) is 0.483. The molecule has 3 aromatic rings. The van der Waals surface area contributed by atoms with Crippen LogP contribution in [0.5, 0.6) is 0 Å². The Morgan fingerprint density at radius 1 is 1.00 bits per heavy atom. The van der Waals surface area contributed by atoms with Crippen molar-refractivity contribution >= 4 is 16.8 Å². The number of ether oxygens (including phenoxy) is 1. The topological polar surface area (TPSA) is 34.5 Å². The molecule has 3 heterocycles. The molecule has 33 heavy (non-hydrogen) atoms. The zero-order chi connectivity index (χ0) is 22.4. The van der Waals surface area contributed by atoms with Crippen LogP contribution in [0.15, 0.2) is 48.5 Å². The van der Waals surface area contributed by atoms with Gasteiger partial charge in [-0.05, 0) is 55.7 Å². The molecule has 0 unspecified atom stereocenters. The third-order valence-corrected chi connectivity index (χ3v) is 8.48. The summed E-state index contributed by atoms with van der Waals surface area (Å²) in [6.07, 6.45) is 8.42. The fourth-order valence-corrected chi connectivity index (χ4v) is 6.59. The lowest BCUT2D eigenvalue weighted by Crippen LogP contribution is -2.45. The number of nitrogens with zero attached hydrogens (tertiary/aromatic N) is 2. The van der Waals surface area contributed by atoms with Gasteiger partial charge in [0.15, 0.2) is 0 Å². The predicted molar refractivity (Wildman–Crippen MR) is 131 cm³/mol. The van der Waals surface area contributed by atoms with Crippen molar-refractivity contribution in [3.05, 3.63) is 70.9 Å². The standard InChI is InChI=1S/C29H34N2O2/c1-21-27(24-12-6-8-14-26(24)31(21)19-22-9-3-2-4-10-22)28(32)30-17-15-29(16-18-30)25-13-7-5-11-23(25)20-33-29/h5-8,11-14,22H,2-4,9-10,15-20H2,1H3. The van der Waals surface area contributed by atoms with E-state index in [4.69, 9.17) is 4.74 Å². The Morgan fingerprint density at radius 2 is 1.73 bits per heavy atom. The van der Waals surface area contributed by atoms with E-state index in [9.17, 15) is 4.79 Å². The lowest BCUT2D eigenvalue weighted by atomic mass is 9.83. The summed E-state index contributed by atoms with van der Waals surface area (Å²) >= 11 is 0. The number of amides is 1. The number of rotatable bonds is 3. The van der Waals surface area contributed by atoms with Gasteiger partial charge in [0.1, 0.15) is 0 Å². The Labute approximate surface area is 196 Å². The number of likely N-dealkylation sites (tertiary alicyclic amines) is 1. The zero-order valence-electron chi connectivity index (χ0n) is 19.7. The molecule has 1 amide bonds. The average molecular weight is 443 g/mol. The Bertz CT molecular complexity index is 1180. The van der Waals surface area contributed by atoms with E-state index in [1.54, 1.807) is 0 Å². The molecule has 1 saturated carbocycles. The van der Waals surface area contributed by atoms with Gasteiger partial charge < -0.3 is 14.2 Å². The molecule has 4 heteroatoms. The van der Waals surface area contributed by atoms with Gasteiger partial charge in [-0.1, -0.05) is 61.7 Å². The van der Waals surface area contributed by atoms with Gasteiger partial charge in [0.2, 0.25) is 0 Å². The van der Waals surface area contributed by atoms with E-state index in [0.717, 1.165) is 55.0 Å². The number of hydrogen-bond acceptors (Lipinski definition) is 2. The molecule has 0 bridgehead atoms. The number of hydrogen-bond donors (Lipinski definition) is 0. The summed E-state index contributed by atoms with van der Waals surface area (Å²) in [7, 11) is 0. The van der Waals surface area contributed by atoms with Gasteiger partial charge in [0, 0.05) is 36.2 Å². The van der Waals surface area contributed by atoms with Gasteiger partial charge in [-0.2, -0.15) is 0 Å². The van der Waals surface area contributed by atoms with Crippen molar-refractivity contribution in [2.45, 2.75) is 70.6 Å². The molecule has 2 aromatic carbocycles. The lowest BCUT2D eigenvalue weighted by Gasteiger charge is -2.39. The number of carbonyl (C=O) groups is 1. The minimum atomic E-state index is -0.211. The number of piperidine rings is 1. The molecule has 1 saturated heterocycles. The molecule has 6 rings (SSSR count). The van der Waals surface area contributed by atoms with Crippen LogP contribution < -0.4 is 0 Å². The molecular weight excluding hydrogens is 408 g/mol. The third-order valence-electron chi connectivity index (χ3n) is 8.48. The highest BCUT2D eigenvalue weighted by atomic mass is 16.5. The summed E-state index contributed by atoms with van der Waals surface area (Å²) in [6, 6.07) is 17.1. The van der Waals surface area contributed by atoms with Gasteiger partial charge in [-0.3, -0.25) is 4.79 Å². The first-order valence-corrected chi connectivity index (χ1v) is 12.8. The molecule has 1 spiro atoms. The largest absolute Gasteiger partial charge is 0.365 e. The molecule has 2 aliphatic heterocycles. The molecule has 1 aliphatic carbocycles. The maximum Gasteiger partial charge on any atom is 0.256 e. The smallest absolute Gasteiger partial charge is 0.256 e. The van der Waals surface area contributed by atoms with E-state index in [0.29, 0.717) is 6.61 Å². The highest BCUT2D eigenvalue weighted by Crippen LogP contribution is 2.44. The molecule has 172 valence electrons. The predicted octanol–water partition coefficient (Wildman–Crippen LogP) is 6.19. The van der Waals surface area contributed by atoms with Crippen LogP contribution in [0.25, 0.3) is 10.9 Å². The van der Waals surface area contributed by atoms with Gasteiger partial charge in [-0.25, -0.2) is 0 Å². The first-order valence-electron chi connectivity index (χ1n) is 12.8. The Hall–Kier alpha value is -2.59. The van der Waals surface area contributed by atoms with E-state index in [2.05, 4.69) is 64.9 Å². The SMILES string of the molecule is Cc1c(C(=O)N2CCC3(CC2)OCc2ccccc23)c2ccccc2n1CC1CCCCC1. The van der Waals surface area contributed by atoms with Crippen LogP contribution in [0.1, 0.15) is 72.1 Å². The summed E-state index contributed by atoms with van der Waals surface area (Å²) in [5.74, 6) is 0.915. The molecule has 2 fully saturated rings. The fourth-order valence-electron chi connectivity index (χ4n) is 6.59. The Kier molecular flexibility index (Phi) is 5.29. The molecule has 1 aromatic heterocycles. The van der Waals surface area contributed by atoms with Crippen molar-refractivity contribution in [2.24, 2.45) is 5.92 Å². The van der Waals surface area contributed by atoms with E-state index >= 15 is 0 Å². The van der Waals surface area contributed by atoms with Gasteiger partial charge in [-0.15, -0.1) is 0 Å². The molecule has 0 radical (unpaired) electrons. The number of aromatic nitrogens is 1. The minimum Gasteiger partial charge on any atom is -0.365 e.